The molecule has 0 aliphatic heterocycles. The highest BCUT2D eigenvalue weighted by Crippen LogP contribution is 2.45. The van der Waals surface area contributed by atoms with Gasteiger partial charge in [0.1, 0.15) is 11.3 Å². The minimum Gasteiger partial charge on any atom is -0.481 e. The van der Waals surface area contributed by atoms with Crippen LogP contribution in [0.4, 0.5) is 0 Å². The van der Waals surface area contributed by atoms with Crippen molar-refractivity contribution in [3.05, 3.63) is 36.1 Å². The summed E-state index contributed by atoms with van der Waals surface area (Å²) >= 11 is 0. The van der Waals surface area contributed by atoms with Crippen molar-refractivity contribution >= 4 is 16.9 Å². The third-order valence-electron chi connectivity index (χ3n) is 3.40. The maximum Gasteiger partial charge on any atom is 0.304 e. The second-order valence-electron chi connectivity index (χ2n) is 4.73. The van der Waals surface area contributed by atoms with Crippen molar-refractivity contribution in [1.82, 2.24) is 0 Å². The van der Waals surface area contributed by atoms with Crippen molar-refractivity contribution in [2.24, 2.45) is 5.92 Å². The standard InChI is InChI=1S/C14H14O3/c15-14(16)8-11(9-5-6-9)13-7-10-3-1-2-4-12(10)17-13/h1-4,7,9,11H,5-6,8H2,(H,15,16). The summed E-state index contributed by atoms with van der Waals surface area (Å²) in [5.74, 6) is 0.616. The Hall–Kier alpha value is -1.77. The predicted molar refractivity (Wildman–Crippen MR) is 63.9 cm³/mol. The van der Waals surface area contributed by atoms with Crippen LogP contribution in [0.1, 0.15) is 30.9 Å². The van der Waals surface area contributed by atoms with E-state index < -0.39 is 5.97 Å². The monoisotopic (exact) mass is 230 g/mol. The molecule has 1 saturated carbocycles. The summed E-state index contributed by atoms with van der Waals surface area (Å²) in [4.78, 5) is 10.9. The van der Waals surface area contributed by atoms with Gasteiger partial charge in [0.2, 0.25) is 0 Å². The number of carboxylic acids is 1. The van der Waals surface area contributed by atoms with E-state index in [1.54, 1.807) is 0 Å². The van der Waals surface area contributed by atoms with Crippen LogP contribution in [0.3, 0.4) is 0 Å². The maximum absolute atomic E-state index is 10.9. The number of furan rings is 1. The van der Waals surface area contributed by atoms with Crippen molar-refractivity contribution in [2.45, 2.75) is 25.2 Å². The highest BCUT2D eigenvalue weighted by molar-refractivity contribution is 5.78. The molecular weight excluding hydrogens is 216 g/mol. The Balaban J connectivity index is 1.96. The molecule has 3 rings (SSSR count). The lowest BCUT2D eigenvalue weighted by Gasteiger charge is -2.09. The smallest absolute Gasteiger partial charge is 0.304 e. The number of para-hydroxylation sites is 1. The topological polar surface area (TPSA) is 50.4 Å². The lowest BCUT2D eigenvalue weighted by Crippen LogP contribution is -2.07. The molecule has 0 spiro atoms. The first-order valence-corrected chi connectivity index (χ1v) is 5.94. The Morgan fingerprint density at radius 1 is 1.41 bits per heavy atom. The Morgan fingerprint density at radius 3 is 2.82 bits per heavy atom. The number of benzene rings is 1. The zero-order valence-corrected chi connectivity index (χ0v) is 9.43. The van der Waals surface area contributed by atoms with Crippen LogP contribution >= 0.6 is 0 Å². The Morgan fingerprint density at radius 2 is 2.18 bits per heavy atom. The number of rotatable bonds is 4. The van der Waals surface area contributed by atoms with Crippen LogP contribution in [0.25, 0.3) is 11.0 Å². The Labute approximate surface area is 99.0 Å². The van der Waals surface area contributed by atoms with E-state index in [9.17, 15) is 4.79 Å². The summed E-state index contributed by atoms with van der Waals surface area (Å²) in [6, 6.07) is 9.79. The minimum absolute atomic E-state index is 0.0416. The average Bonchev–Trinajstić information content (AvgIpc) is 3.04. The Bertz CT molecular complexity index is 518. The summed E-state index contributed by atoms with van der Waals surface area (Å²) in [7, 11) is 0. The van der Waals surface area contributed by atoms with E-state index in [-0.39, 0.29) is 12.3 Å². The zero-order chi connectivity index (χ0) is 11.8. The van der Waals surface area contributed by atoms with Crippen molar-refractivity contribution < 1.29 is 14.3 Å². The molecular formula is C14H14O3. The highest BCUT2D eigenvalue weighted by Gasteiger charge is 2.35. The summed E-state index contributed by atoms with van der Waals surface area (Å²) in [6.07, 6.45) is 2.41. The van der Waals surface area contributed by atoms with Gasteiger partial charge in [0.25, 0.3) is 0 Å². The molecule has 0 saturated heterocycles. The first-order valence-electron chi connectivity index (χ1n) is 5.94. The molecule has 1 unspecified atom stereocenters. The first kappa shape index (κ1) is 10.4. The zero-order valence-electron chi connectivity index (χ0n) is 9.43. The average molecular weight is 230 g/mol. The minimum atomic E-state index is -0.748. The third-order valence-corrected chi connectivity index (χ3v) is 3.40. The van der Waals surface area contributed by atoms with Crippen LogP contribution in [0.2, 0.25) is 0 Å². The van der Waals surface area contributed by atoms with Gasteiger partial charge in [-0.15, -0.1) is 0 Å². The molecule has 1 N–H and O–H groups in total. The summed E-state index contributed by atoms with van der Waals surface area (Å²) in [5.41, 5.74) is 0.846. The fourth-order valence-corrected chi connectivity index (χ4v) is 2.37. The molecule has 1 aromatic carbocycles. The van der Waals surface area contributed by atoms with Gasteiger partial charge >= 0.3 is 5.97 Å². The molecule has 88 valence electrons. The van der Waals surface area contributed by atoms with Gasteiger partial charge in [-0.25, -0.2) is 0 Å². The van der Waals surface area contributed by atoms with Gasteiger partial charge in [-0.05, 0) is 30.9 Å². The van der Waals surface area contributed by atoms with Crippen LogP contribution < -0.4 is 0 Å². The van der Waals surface area contributed by atoms with Crippen LogP contribution in [-0.2, 0) is 4.79 Å². The molecule has 1 heterocycles. The molecule has 0 amide bonds. The molecule has 1 aromatic heterocycles. The molecule has 3 heteroatoms. The number of hydrogen-bond donors (Lipinski definition) is 1. The summed E-state index contributed by atoms with van der Waals surface area (Å²) in [5, 5.41) is 10.0. The Kier molecular flexibility index (Phi) is 2.39. The highest BCUT2D eigenvalue weighted by atomic mass is 16.4. The first-order chi connectivity index (χ1) is 8.24. The molecule has 2 aromatic rings. The largest absolute Gasteiger partial charge is 0.481 e. The van der Waals surface area contributed by atoms with Crippen LogP contribution in [-0.4, -0.2) is 11.1 Å². The van der Waals surface area contributed by atoms with Crippen molar-refractivity contribution in [2.75, 3.05) is 0 Å². The molecule has 0 radical (unpaired) electrons. The third kappa shape index (κ3) is 2.05. The van der Waals surface area contributed by atoms with Crippen LogP contribution in [0.5, 0.6) is 0 Å². The maximum atomic E-state index is 10.9. The summed E-state index contributed by atoms with van der Waals surface area (Å²) in [6.45, 7) is 0. The van der Waals surface area contributed by atoms with Crippen molar-refractivity contribution in [3.8, 4) is 0 Å². The number of carboxylic acid groups (broad SMARTS) is 1. The van der Waals surface area contributed by atoms with Gasteiger partial charge < -0.3 is 9.52 Å². The summed E-state index contributed by atoms with van der Waals surface area (Å²) < 4.78 is 5.77. The number of aliphatic carboxylic acids is 1. The van der Waals surface area contributed by atoms with E-state index in [4.69, 9.17) is 9.52 Å². The van der Waals surface area contributed by atoms with Gasteiger partial charge in [-0.3, -0.25) is 4.79 Å². The molecule has 1 fully saturated rings. The number of fused-ring (bicyclic) bond motifs is 1. The SMILES string of the molecule is O=C(O)CC(c1cc2ccccc2o1)C1CC1. The lowest BCUT2D eigenvalue weighted by molar-refractivity contribution is -0.137. The molecule has 0 bridgehead atoms. The molecule has 3 nitrogen and oxygen atoms in total. The van der Waals surface area contributed by atoms with E-state index in [2.05, 4.69) is 0 Å². The molecule has 1 aliphatic rings. The van der Waals surface area contributed by atoms with E-state index >= 15 is 0 Å². The van der Waals surface area contributed by atoms with Gasteiger partial charge in [0.15, 0.2) is 0 Å². The van der Waals surface area contributed by atoms with Gasteiger partial charge in [-0.1, -0.05) is 18.2 Å². The van der Waals surface area contributed by atoms with E-state index in [1.165, 1.54) is 0 Å². The van der Waals surface area contributed by atoms with Crippen molar-refractivity contribution in [1.29, 1.82) is 0 Å². The fourth-order valence-electron chi connectivity index (χ4n) is 2.37. The second kappa shape index (κ2) is 3.91. The quantitative estimate of drug-likeness (QED) is 0.875. The molecule has 1 aliphatic carbocycles. The van der Waals surface area contributed by atoms with Gasteiger partial charge in [-0.2, -0.15) is 0 Å². The van der Waals surface area contributed by atoms with Gasteiger partial charge in [0.05, 0.1) is 6.42 Å². The molecule has 1 atom stereocenters. The number of hydrogen-bond acceptors (Lipinski definition) is 2. The lowest BCUT2D eigenvalue weighted by atomic mass is 9.96. The fraction of sp³-hybridized carbons (Fsp3) is 0.357. The van der Waals surface area contributed by atoms with Crippen LogP contribution in [0.15, 0.2) is 34.7 Å². The normalized spacial score (nSPS) is 17.2. The van der Waals surface area contributed by atoms with E-state index in [1.807, 2.05) is 30.3 Å². The van der Waals surface area contributed by atoms with E-state index in [0.29, 0.717) is 5.92 Å². The number of carbonyl (C=O) groups is 1. The van der Waals surface area contributed by atoms with Crippen molar-refractivity contribution in [3.63, 3.8) is 0 Å². The van der Waals surface area contributed by atoms with Crippen LogP contribution in [0, 0.1) is 5.92 Å². The second-order valence-corrected chi connectivity index (χ2v) is 4.73. The molecule has 17 heavy (non-hydrogen) atoms. The predicted octanol–water partition coefficient (Wildman–Crippen LogP) is 3.40. The van der Waals surface area contributed by atoms with Gasteiger partial charge in [0, 0.05) is 11.3 Å². The van der Waals surface area contributed by atoms with E-state index in [0.717, 1.165) is 29.6 Å².